The number of anilines is 1. The van der Waals surface area contributed by atoms with Crippen LogP contribution in [-0.4, -0.2) is 84.8 Å². The molecule has 2 aromatic rings. The number of thiophene rings is 1. The van der Waals surface area contributed by atoms with Gasteiger partial charge in [-0.25, -0.2) is 0 Å². The Morgan fingerprint density at radius 1 is 0.872 bits per heavy atom. The van der Waals surface area contributed by atoms with Crippen molar-refractivity contribution in [2.24, 2.45) is 10.2 Å². The molecule has 0 bridgehead atoms. The molecule has 0 radical (unpaired) electrons. The highest BCUT2D eigenvalue weighted by molar-refractivity contribution is 7.16. The van der Waals surface area contributed by atoms with Gasteiger partial charge in [-0.15, -0.1) is 21.6 Å². The number of esters is 1. The van der Waals surface area contributed by atoms with E-state index in [1.165, 1.54) is 30.6 Å². The summed E-state index contributed by atoms with van der Waals surface area (Å²) in [5.41, 5.74) is 3.80. The maximum atomic E-state index is 11.3. The van der Waals surface area contributed by atoms with Crippen LogP contribution in [0.5, 0.6) is 0 Å². The van der Waals surface area contributed by atoms with Crippen LogP contribution in [0.4, 0.5) is 16.4 Å². The second-order valence-corrected chi connectivity index (χ2v) is 11.6. The first kappa shape index (κ1) is 39.5. The van der Waals surface area contributed by atoms with Crippen LogP contribution < -0.4 is 4.90 Å². The van der Waals surface area contributed by atoms with Gasteiger partial charge in [-0.05, 0) is 49.6 Å². The Labute approximate surface area is 282 Å². The molecule has 0 spiro atoms. The van der Waals surface area contributed by atoms with Gasteiger partial charge in [-0.1, -0.05) is 26.2 Å². The molecule has 0 N–H and O–H groups in total. The number of rotatable bonds is 26. The fraction of sp³-hybridized carbons (Fsp3) is 0.588. The smallest absolute Gasteiger partial charge is 0.306 e. The average Bonchev–Trinajstić information content (AvgIpc) is 3.39. The van der Waals surface area contributed by atoms with Crippen LogP contribution in [0.1, 0.15) is 67.0 Å². The Morgan fingerprint density at radius 2 is 1.53 bits per heavy atom. The average molecular weight is 670 g/mol. The summed E-state index contributed by atoms with van der Waals surface area (Å²) in [6, 6.07) is 10.3. The van der Waals surface area contributed by atoms with Crippen molar-refractivity contribution in [1.82, 2.24) is 0 Å². The number of aldehydes is 1. The van der Waals surface area contributed by atoms with Crippen molar-refractivity contribution >= 4 is 40.0 Å². The van der Waals surface area contributed by atoms with Gasteiger partial charge in [0.25, 0.3) is 0 Å². The van der Waals surface area contributed by atoms with E-state index >= 15 is 0 Å². The quantitative estimate of drug-likeness (QED) is 0.0469. The summed E-state index contributed by atoms with van der Waals surface area (Å²) in [5.74, 6) is -0.404. The number of carbonyl (C=O) groups is 2. The van der Waals surface area contributed by atoms with Crippen molar-refractivity contribution in [3.05, 3.63) is 39.8 Å². The van der Waals surface area contributed by atoms with E-state index in [1.807, 2.05) is 19.1 Å². The maximum Gasteiger partial charge on any atom is 0.306 e. The lowest BCUT2D eigenvalue weighted by molar-refractivity contribution is -0.145. The first-order valence-corrected chi connectivity index (χ1v) is 16.9. The number of hydrogen-bond donors (Lipinski definition) is 0. The van der Waals surface area contributed by atoms with Crippen LogP contribution in [-0.2, 0) is 33.3 Å². The number of nitriles is 2. The van der Waals surface area contributed by atoms with Gasteiger partial charge in [0, 0.05) is 25.2 Å². The number of aryl methyl sites for hydroxylation is 1. The van der Waals surface area contributed by atoms with E-state index in [1.54, 1.807) is 6.92 Å². The lowest BCUT2D eigenvalue weighted by atomic mass is 10.1. The van der Waals surface area contributed by atoms with Gasteiger partial charge in [0.15, 0.2) is 5.00 Å². The summed E-state index contributed by atoms with van der Waals surface area (Å²) in [7, 11) is 0. The van der Waals surface area contributed by atoms with E-state index in [0.29, 0.717) is 79.2 Å². The normalized spacial score (nSPS) is 11.0. The number of ether oxygens (including phenoxy) is 5. The van der Waals surface area contributed by atoms with Gasteiger partial charge in [0.1, 0.15) is 29.9 Å². The minimum Gasteiger partial charge on any atom is -0.463 e. The minimum atomic E-state index is -0.404. The van der Waals surface area contributed by atoms with Gasteiger partial charge in [0.2, 0.25) is 0 Å². The van der Waals surface area contributed by atoms with Crippen LogP contribution in [0, 0.1) is 36.5 Å². The lowest BCUT2D eigenvalue weighted by Gasteiger charge is -2.25. The third-order valence-electron chi connectivity index (χ3n) is 7.00. The van der Waals surface area contributed by atoms with Crippen LogP contribution in [0.25, 0.3) is 0 Å². The Balaban J connectivity index is 1.70. The van der Waals surface area contributed by atoms with Gasteiger partial charge < -0.3 is 33.4 Å². The Bertz CT molecular complexity index is 1340. The predicted molar refractivity (Wildman–Crippen MR) is 180 cm³/mol. The molecule has 0 aliphatic heterocycles. The summed E-state index contributed by atoms with van der Waals surface area (Å²) in [5, 5.41) is 27.9. The van der Waals surface area contributed by atoms with E-state index in [2.05, 4.69) is 40.3 Å². The van der Waals surface area contributed by atoms with Crippen molar-refractivity contribution in [2.75, 3.05) is 77.5 Å². The third-order valence-corrected chi connectivity index (χ3v) is 8.08. The number of benzene rings is 1. The molecule has 256 valence electrons. The summed E-state index contributed by atoms with van der Waals surface area (Å²) < 4.78 is 27.2. The second-order valence-electron chi connectivity index (χ2n) is 10.6. The fourth-order valence-corrected chi connectivity index (χ4v) is 5.23. The standard InChI is InChI=1S/C34H47N5O7S/c1-4-5-6-7-12-39(13-15-42-16-17-43-18-19-44-20-21-45-22-23-46-33(41)9-8-14-40)29-10-11-31(27(2)24-29)37-38-34-30(25-35)28(3)32(26-36)47-34/h10-11,14,24H,4-9,12-13,15-23H2,1-3H3. The molecule has 13 heteroatoms. The van der Waals surface area contributed by atoms with Gasteiger partial charge in [-0.2, -0.15) is 10.5 Å². The fourth-order valence-electron chi connectivity index (χ4n) is 4.35. The number of unbranched alkanes of at least 4 members (excludes halogenated alkanes) is 3. The molecule has 0 amide bonds. The zero-order valence-electron chi connectivity index (χ0n) is 27.8. The molecule has 47 heavy (non-hydrogen) atoms. The van der Waals surface area contributed by atoms with E-state index in [0.717, 1.165) is 30.8 Å². The van der Waals surface area contributed by atoms with Crippen LogP contribution in [0.3, 0.4) is 0 Å². The molecular weight excluding hydrogens is 622 g/mol. The lowest BCUT2D eigenvalue weighted by Crippen LogP contribution is -2.29. The van der Waals surface area contributed by atoms with Crippen LogP contribution in [0.2, 0.25) is 0 Å². The van der Waals surface area contributed by atoms with Gasteiger partial charge in [-0.3, -0.25) is 4.79 Å². The van der Waals surface area contributed by atoms with Crippen LogP contribution in [0.15, 0.2) is 28.4 Å². The number of hydrogen-bond acceptors (Lipinski definition) is 13. The maximum absolute atomic E-state index is 11.3. The highest BCUT2D eigenvalue weighted by atomic mass is 32.1. The molecule has 0 saturated heterocycles. The summed E-state index contributed by atoms with van der Waals surface area (Å²) >= 11 is 1.18. The van der Waals surface area contributed by atoms with Crippen molar-refractivity contribution < 1.29 is 33.3 Å². The molecule has 0 atom stereocenters. The summed E-state index contributed by atoms with van der Waals surface area (Å²) in [6.45, 7) is 11.3. The molecule has 0 aliphatic carbocycles. The Kier molecular flexibility index (Phi) is 20.5. The molecule has 1 heterocycles. The molecule has 0 saturated carbocycles. The summed E-state index contributed by atoms with van der Waals surface area (Å²) in [6.07, 6.45) is 5.60. The first-order chi connectivity index (χ1) is 22.9. The molecule has 1 aromatic heterocycles. The molecular formula is C34H47N5O7S. The highest BCUT2D eigenvalue weighted by Gasteiger charge is 2.15. The van der Waals surface area contributed by atoms with E-state index in [4.69, 9.17) is 23.7 Å². The van der Waals surface area contributed by atoms with Crippen molar-refractivity contribution in [3.8, 4) is 12.1 Å². The molecule has 0 aliphatic rings. The van der Waals surface area contributed by atoms with Crippen molar-refractivity contribution in [3.63, 3.8) is 0 Å². The number of carbonyl (C=O) groups excluding carboxylic acids is 2. The topological polar surface area (TPSA) is 156 Å². The summed E-state index contributed by atoms with van der Waals surface area (Å²) in [4.78, 5) is 24.3. The zero-order valence-corrected chi connectivity index (χ0v) is 28.6. The Hall–Kier alpha value is -3.72. The van der Waals surface area contributed by atoms with Crippen molar-refractivity contribution in [1.29, 1.82) is 10.5 Å². The van der Waals surface area contributed by atoms with Crippen molar-refractivity contribution in [2.45, 2.75) is 59.3 Å². The molecule has 0 unspecified atom stereocenters. The first-order valence-electron chi connectivity index (χ1n) is 16.1. The van der Waals surface area contributed by atoms with E-state index in [9.17, 15) is 20.1 Å². The van der Waals surface area contributed by atoms with E-state index < -0.39 is 5.97 Å². The van der Waals surface area contributed by atoms with Gasteiger partial charge >= 0.3 is 5.97 Å². The zero-order chi connectivity index (χ0) is 34.1. The van der Waals surface area contributed by atoms with Crippen LogP contribution >= 0.6 is 11.3 Å². The largest absolute Gasteiger partial charge is 0.463 e. The third kappa shape index (κ3) is 15.6. The molecule has 0 fully saturated rings. The van der Waals surface area contributed by atoms with E-state index in [-0.39, 0.29) is 26.1 Å². The molecule has 1 aromatic carbocycles. The predicted octanol–water partition coefficient (Wildman–Crippen LogP) is 6.50. The molecule has 2 rings (SSSR count). The minimum absolute atomic E-state index is 0.0931. The number of azo groups is 1. The Morgan fingerprint density at radius 3 is 2.13 bits per heavy atom. The van der Waals surface area contributed by atoms with Gasteiger partial charge in [0.05, 0.1) is 70.5 Å². The second kappa shape index (κ2) is 24.5. The number of nitrogens with zero attached hydrogens (tertiary/aromatic N) is 5. The monoisotopic (exact) mass is 669 g/mol. The SMILES string of the molecule is CCCCCCN(CCOCCOCCOCCOCCOC(=O)CCC=O)c1ccc(N=Nc2sc(C#N)c(C)c2C#N)c(C)c1. The highest BCUT2D eigenvalue weighted by Crippen LogP contribution is 2.36. The molecule has 12 nitrogen and oxygen atoms in total.